The monoisotopic (exact) mass is 324 g/mol. The van der Waals surface area contributed by atoms with Crippen LogP contribution < -0.4 is 4.65 Å². The molecule has 1 heterocycles. The molecular formula is C15H18BFO6. The van der Waals surface area contributed by atoms with Crippen molar-refractivity contribution in [3.63, 3.8) is 0 Å². The van der Waals surface area contributed by atoms with Crippen molar-refractivity contribution >= 4 is 19.1 Å². The normalized spacial score (nSPS) is 20.1. The van der Waals surface area contributed by atoms with Gasteiger partial charge in [0.05, 0.1) is 0 Å². The third-order valence-electron chi connectivity index (χ3n) is 3.64. The first kappa shape index (κ1) is 17.3. The van der Waals surface area contributed by atoms with Crippen molar-refractivity contribution in [1.29, 1.82) is 0 Å². The van der Waals surface area contributed by atoms with Crippen LogP contribution in [0, 0.1) is 5.82 Å². The third-order valence-corrected chi connectivity index (χ3v) is 3.64. The van der Waals surface area contributed by atoms with Crippen molar-refractivity contribution in [1.82, 2.24) is 0 Å². The van der Waals surface area contributed by atoms with Crippen LogP contribution >= 0.6 is 0 Å². The lowest BCUT2D eigenvalue weighted by Crippen LogP contribution is -2.28. The zero-order chi connectivity index (χ0) is 17.1. The predicted octanol–water partition coefficient (Wildman–Crippen LogP) is 2.26. The summed E-state index contributed by atoms with van der Waals surface area (Å²) in [4.78, 5) is 22.5. The number of esters is 2. The molecule has 6 nitrogen and oxygen atoms in total. The quantitative estimate of drug-likeness (QED) is 0.522. The van der Waals surface area contributed by atoms with E-state index in [0.717, 1.165) is 19.4 Å². The Labute approximate surface area is 133 Å². The minimum absolute atomic E-state index is 0.00659. The van der Waals surface area contributed by atoms with Gasteiger partial charge in [0.1, 0.15) is 17.1 Å². The Balaban J connectivity index is 0.000000924. The molecule has 0 radical (unpaired) electrons. The molecular weight excluding hydrogens is 306 g/mol. The fourth-order valence-corrected chi connectivity index (χ4v) is 2.52. The number of benzene rings is 1. The van der Waals surface area contributed by atoms with Crippen molar-refractivity contribution in [2.75, 3.05) is 6.79 Å². The number of fused-ring (bicyclic) bond motifs is 3. The minimum Gasteiger partial charge on any atom is -0.535 e. The number of rotatable bonds is 3. The van der Waals surface area contributed by atoms with Crippen molar-refractivity contribution < 1.29 is 33.1 Å². The molecule has 1 saturated carbocycles. The summed E-state index contributed by atoms with van der Waals surface area (Å²) >= 11 is 0. The summed E-state index contributed by atoms with van der Waals surface area (Å²) in [6, 6.07) is 2.71. The van der Waals surface area contributed by atoms with Gasteiger partial charge >= 0.3 is 19.1 Å². The average Bonchev–Trinajstić information content (AvgIpc) is 3.30. The van der Waals surface area contributed by atoms with E-state index in [1.165, 1.54) is 0 Å². The van der Waals surface area contributed by atoms with E-state index in [-0.39, 0.29) is 23.0 Å². The topological polar surface area (TPSA) is 82.1 Å². The van der Waals surface area contributed by atoms with Crippen LogP contribution in [0.1, 0.15) is 49.0 Å². The highest BCUT2D eigenvalue weighted by molar-refractivity contribution is 6.48. The molecule has 1 aromatic rings. The van der Waals surface area contributed by atoms with E-state index in [4.69, 9.17) is 4.65 Å². The highest BCUT2D eigenvalue weighted by Gasteiger charge is 2.54. The minimum atomic E-state index is -1.05. The largest absolute Gasteiger partial charge is 0.535 e. The number of carbonyl (C=O) groups excluding carboxylic acids is 2. The highest BCUT2D eigenvalue weighted by atomic mass is 19.1. The lowest BCUT2D eigenvalue weighted by Gasteiger charge is -2.21. The van der Waals surface area contributed by atoms with Crippen LogP contribution in [0.4, 0.5) is 4.39 Å². The molecule has 8 heteroatoms. The summed E-state index contributed by atoms with van der Waals surface area (Å²) in [5.74, 6) is -2.36. The molecule has 1 fully saturated rings. The summed E-state index contributed by atoms with van der Waals surface area (Å²) in [5.41, 5.74) is 0.301. The molecule has 0 aromatic heterocycles. The maximum Gasteiger partial charge on any atom is 0.526 e. The summed E-state index contributed by atoms with van der Waals surface area (Å²) in [6.07, 6.45) is 0.738. The molecule has 1 N–H and O–H groups in total. The van der Waals surface area contributed by atoms with Gasteiger partial charge in [-0.2, -0.15) is 0 Å². The maximum atomic E-state index is 13.9. The van der Waals surface area contributed by atoms with E-state index in [1.807, 2.05) is 13.8 Å². The molecule has 2 aliphatic rings. The van der Waals surface area contributed by atoms with Crippen molar-refractivity contribution in [3.8, 4) is 5.75 Å². The van der Waals surface area contributed by atoms with Gasteiger partial charge in [-0.3, -0.25) is 4.79 Å². The van der Waals surface area contributed by atoms with Gasteiger partial charge in [-0.15, -0.1) is 0 Å². The summed E-state index contributed by atoms with van der Waals surface area (Å²) in [7, 11) is -1.05. The number of hydrogen-bond donors (Lipinski definition) is 1. The Bertz CT molecular complexity index is 620. The SMILES string of the molecule is CC.CC(=O)OCOC(=O)c1c(F)ccc2c1OB(O)C1CC21. The molecule has 2 unspecified atom stereocenters. The Kier molecular flexibility index (Phi) is 5.25. The van der Waals surface area contributed by atoms with Crippen molar-refractivity contribution in [2.45, 2.75) is 38.9 Å². The molecule has 3 rings (SSSR count). The first-order chi connectivity index (χ1) is 11.0. The van der Waals surface area contributed by atoms with Gasteiger partial charge in [0, 0.05) is 12.7 Å². The van der Waals surface area contributed by atoms with Crippen LogP contribution in [0.5, 0.6) is 5.75 Å². The van der Waals surface area contributed by atoms with Gasteiger partial charge in [-0.1, -0.05) is 19.9 Å². The Morgan fingerprint density at radius 3 is 2.74 bits per heavy atom. The summed E-state index contributed by atoms with van der Waals surface area (Å²) < 4.78 is 28.3. The van der Waals surface area contributed by atoms with E-state index in [0.29, 0.717) is 5.56 Å². The molecule has 1 aromatic carbocycles. The maximum absolute atomic E-state index is 13.9. The van der Waals surface area contributed by atoms with Crippen molar-refractivity contribution in [2.24, 2.45) is 0 Å². The van der Waals surface area contributed by atoms with E-state index in [2.05, 4.69) is 9.47 Å². The first-order valence-corrected chi connectivity index (χ1v) is 7.46. The van der Waals surface area contributed by atoms with Gasteiger partial charge in [-0.25, -0.2) is 9.18 Å². The second-order valence-electron chi connectivity index (χ2n) is 5.04. The molecule has 0 bridgehead atoms. The van der Waals surface area contributed by atoms with Gasteiger partial charge in [0.2, 0.25) is 6.79 Å². The van der Waals surface area contributed by atoms with Crippen LogP contribution in [0.15, 0.2) is 12.1 Å². The second kappa shape index (κ2) is 7.00. The van der Waals surface area contributed by atoms with Gasteiger partial charge in [0.15, 0.2) is 0 Å². The highest BCUT2D eigenvalue weighted by Crippen LogP contribution is 2.60. The van der Waals surface area contributed by atoms with Gasteiger partial charge in [0.25, 0.3) is 0 Å². The van der Waals surface area contributed by atoms with Crippen LogP contribution in [0.2, 0.25) is 5.82 Å². The molecule has 23 heavy (non-hydrogen) atoms. The van der Waals surface area contributed by atoms with Crippen LogP contribution in [-0.4, -0.2) is 30.9 Å². The fraction of sp³-hybridized carbons (Fsp3) is 0.467. The van der Waals surface area contributed by atoms with E-state index in [9.17, 15) is 19.0 Å². The smallest absolute Gasteiger partial charge is 0.526 e. The molecule has 0 amide bonds. The molecule has 0 saturated heterocycles. The molecule has 1 aliphatic heterocycles. The number of halogens is 1. The van der Waals surface area contributed by atoms with E-state index < -0.39 is 31.7 Å². The van der Waals surface area contributed by atoms with E-state index >= 15 is 0 Å². The Morgan fingerprint density at radius 1 is 1.39 bits per heavy atom. The van der Waals surface area contributed by atoms with Crippen LogP contribution in [-0.2, 0) is 14.3 Å². The summed E-state index contributed by atoms with van der Waals surface area (Å²) in [6.45, 7) is 4.55. The van der Waals surface area contributed by atoms with Crippen LogP contribution in [0.3, 0.4) is 0 Å². The Morgan fingerprint density at radius 2 is 2.09 bits per heavy atom. The zero-order valence-electron chi connectivity index (χ0n) is 13.2. The standard InChI is InChI=1S/C13H12BFO6.C2H6/c1-6(16)19-5-20-13(17)11-10(15)3-2-7-8-4-9(8)14(18)21-12(7)11;1-2/h2-3,8-9,18H,4-5H2,1H3;1-2H3. The predicted molar refractivity (Wildman–Crippen MR) is 79.5 cm³/mol. The lowest BCUT2D eigenvalue weighted by molar-refractivity contribution is -0.149. The first-order valence-electron chi connectivity index (χ1n) is 7.46. The third kappa shape index (κ3) is 3.47. The zero-order valence-corrected chi connectivity index (χ0v) is 13.2. The van der Waals surface area contributed by atoms with E-state index in [1.54, 1.807) is 6.07 Å². The number of carbonyl (C=O) groups is 2. The molecule has 2 atom stereocenters. The van der Waals surface area contributed by atoms with Crippen molar-refractivity contribution in [3.05, 3.63) is 29.1 Å². The molecule has 124 valence electrons. The number of ether oxygens (including phenoxy) is 2. The summed E-state index contributed by atoms with van der Waals surface area (Å²) in [5, 5.41) is 9.75. The van der Waals surface area contributed by atoms with Crippen LogP contribution in [0.25, 0.3) is 0 Å². The fourth-order valence-electron chi connectivity index (χ4n) is 2.52. The van der Waals surface area contributed by atoms with Gasteiger partial charge < -0.3 is 19.2 Å². The Hall–Kier alpha value is -2.09. The molecule has 1 aliphatic carbocycles. The lowest BCUT2D eigenvalue weighted by atomic mass is 9.77. The van der Waals surface area contributed by atoms with Gasteiger partial charge in [-0.05, 0) is 24.0 Å². The second-order valence-corrected chi connectivity index (χ2v) is 5.04. The molecule has 0 spiro atoms. The average molecular weight is 324 g/mol. The number of hydrogen-bond acceptors (Lipinski definition) is 6.